The molecule has 0 radical (unpaired) electrons. The largest absolute Gasteiger partial charge is 0.326 e. The number of amides is 1. The first-order valence-electron chi connectivity index (χ1n) is 5.97. The molecular formula is C15H14ClNOS. The van der Waals surface area contributed by atoms with Gasteiger partial charge in [0.05, 0.1) is 0 Å². The predicted octanol–water partition coefficient (Wildman–Crippen LogP) is 4.46. The summed E-state index contributed by atoms with van der Waals surface area (Å²) >= 11 is 7.53. The van der Waals surface area contributed by atoms with E-state index in [0.29, 0.717) is 11.4 Å². The zero-order valence-electron chi connectivity index (χ0n) is 10.3. The Labute approximate surface area is 122 Å². The smallest absolute Gasteiger partial charge is 0.225 e. The average Bonchev–Trinajstić information content (AvgIpc) is 2.40. The Bertz CT molecular complexity index is 545. The van der Waals surface area contributed by atoms with Crippen LogP contribution in [0.5, 0.6) is 0 Å². The summed E-state index contributed by atoms with van der Waals surface area (Å²) in [5.41, 5.74) is 0.738. The van der Waals surface area contributed by atoms with Crippen molar-refractivity contribution in [2.75, 3.05) is 11.1 Å². The number of halogens is 1. The number of thioether (sulfide) groups is 1. The van der Waals surface area contributed by atoms with Crippen molar-refractivity contribution in [1.29, 1.82) is 0 Å². The molecule has 2 aromatic carbocycles. The molecule has 4 heteroatoms. The van der Waals surface area contributed by atoms with Crippen molar-refractivity contribution in [3.63, 3.8) is 0 Å². The van der Waals surface area contributed by atoms with Crippen LogP contribution in [-0.2, 0) is 4.79 Å². The van der Waals surface area contributed by atoms with E-state index in [0.717, 1.165) is 11.4 Å². The van der Waals surface area contributed by atoms with Gasteiger partial charge in [-0.05, 0) is 30.3 Å². The van der Waals surface area contributed by atoms with E-state index in [1.165, 1.54) is 4.90 Å². The van der Waals surface area contributed by atoms with Crippen molar-refractivity contribution in [2.45, 2.75) is 11.3 Å². The van der Waals surface area contributed by atoms with E-state index in [1.54, 1.807) is 23.9 Å². The summed E-state index contributed by atoms with van der Waals surface area (Å²) in [5.74, 6) is 0.766. The molecule has 1 N–H and O–H groups in total. The van der Waals surface area contributed by atoms with E-state index < -0.39 is 0 Å². The van der Waals surface area contributed by atoms with Gasteiger partial charge in [0.25, 0.3) is 0 Å². The Morgan fingerprint density at radius 3 is 2.63 bits per heavy atom. The van der Waals surface area contributed by atoms with Crippen LogP contribution in [-0.4, -0.2) is 11.7 Å². The molecule has 2 nitrogen and oxygen atoms in total. The summed E-state index contributed by atoms with van der Waals surface area (Å²) in [4.78, 5) is 12.9. The molecule has 0 saturated carbocycles. The van der Waals surface area contributed by atoms with Crippen molar-refractivity contribution >= 4 is 35.0 Å². The third kappa shape index (κ3) is 4.97. The highest BCUT2D eigenvalue weighted by Gasteiger charge is 2.03. The minimum atomic E-state index is 0.00528. The summed E-state index contributed by atoms with van der Waals surface area (Å²) < 4.78 is 0. The van der Waals surface area contributed by atoms with E-state index in [-0.39, 0.29) is 5.91 Å². The Morgan fingerprint density at radius 1 is 1.11 bits per heavy atom. The lowest BCUT2D eigenvalue weighted by Gasteiger charge is -2.05. The molecule has 0 aliphatic heterocycles. The maximum absolute atomic E-state index is 11.7. The number of hydrogen-bond acceptors (Lipinski definition) is 2. The Morgan fingerprint density at radius 2 is 1.89 bits per heavy atom. The topological polar surface area (TPSA) is 29.1 Å². The number of hydrogen-bond donors (Lipinski definition) is 1. The van der Waals surface area contributed by atoms with Gasteiger partial charge in [-0.3, -0.25) is 4.79 Å². The standard InChI is InChI=1S/C15H14ClNOS/c16-12-5-4-6-13(11-12)17-15(18)9-10-19-14-7-2-1-3-8-14/h1-8,11H,9-10H2,(H,17,18). The van der Waals surface area contributed by atoms with Crippen LogP contribution in [0, 0.1) is 0 Å². The maximum Gasteiger partial charge on any atom is 0.225 e. The van der Waals surface area contributed by atoms with Gasteiger partial charge in [-0.25, -0.2) is 0 Å². The second-order valence-corrected chi connectivity index (χ2v) is 5.57. The van der Waals surface area contributed by atoms with Crippen LogP contribution < -0.4 is 5.32 Å². The average molecular weight is 292 g/mol. The third-order valence-corrected chi connectivity index (χ3v) is 3.70. The van der Waals surface area contributed by atoms with Gasteiger partial charge >= 0.3 is 0 Å². The molecule has 2 rings (SSSR count). The van der Waals surface area contributed by atoms with Gasteiger partial charge in [-0.15, -0.1) is 11.8 Å². The molecule has 0 heterocycles. The lowest BCUT2D eigenvalue weighted by molar-refractivity contribution is -0.115. The highest BCUT2D eigenvalue weighted by Crippen LogP contribution is 2.19. The Kier molecular flexibility index (Phi) is 5.31. The number of benzene rings is 2. The van der Waals surface area contributed by atoms with Crippen LogP contribution in [0.25, 0.3) is 0 Å². The van der Waals surface area contributed by atoms with Gasteiger partial charge < -0.3 is 5.32 Å². The normalized spacial score (nSPS) is 10.2. The molecule has 19 heavy (non-hydrogen) atoms. The molecule has 98 valence electrons. The van der Waals surface area contributed by atoms with Crippen LogP contribution in [0.15, 0.2) is 59.5 Å². The molecular weight excluding hydrogens is 278 g/mol. The van der Waals surface area contributed by atoms with Crippen molar-refractivity contribution in [3.8, 4) is 0 Å². The molecule has 0 unspecified atom stereocenters. The van der Waals surface area contributed by atoms with E-state index in [9.17, 15) is 4.79 Å². The highest BCUT2D eigenvalue weighted by atomic mass is 35.5. The zero-order valence-corrected chi connectivity index (χ0v) is 11.9. The summed E-state index contributed by atoms with van der Waals surface area (Å²) in [5, 5.41) is 3.45. The summed E-state index contributed by atoms with van der Waals surface area (Å²) in [7, 11) is 0. The second kappa shape index (κ2) is 7.22. The molecule has 0 aliphatic carbocycles. The number of nitrogens with one attached hydrogen (secondary N) is 1. The minimum absolute atomic E-state index is 0.00528. The van der Waals surface area contributed by atoms with Crippen LogP contribution in [0.2, 0.25) is 5.02 Å². The Balaban J connectivity index is 1.76. The fraction of sp³-hybridized carbons (Fsp3) is 0.133. The second-order valence-electron chi connectivity index (χ2n) is 3.97. The van der Waals surface area contributed by atoms with E-state index in [1.807, 2.05) is 42.5 Å². The van der Waals surface area contributed by atoms with Crippen LogP contribution in [0.4, 0.5) is 5.69 Å². The summed E-state index contributed by atoms with van der Waals surface area (Å²) in [6.07, 6.45) is 0.478. The van der Waals surface area contributed by atoms with Crippen molar-refractivity contribution in [2.24, 2.45) is 0 Å². The van der Waals surface area contributed by atoms with Gasteiger partial charge in [0.15, 0.2) is 0 Å². The number of carbonyl (C=O) groups is 1. The summed E-state index contributed by atoms with van der Waals surface area (Å²) in [6.45, 7) is 0. The number of anilines is 1. The first kappa shape index (κ1) is 14.0. The molecule has 0 spiro atoms. The molecule has 0 fully saturated rings. The third-order valence-electron chi connectivity index (χ3n) is 2.45. The predicted molar refractivity (Wildman–Crippen MR) is 81.9 cm³/mol. The van der Waals surface area contributed by atoms with Gasteiger partial charge in [0.2, 0.25) is 5.91 Å². The molecule has 0 saturated heterocycles. The SMILES string of the molecule is O=C(CCSc1ccccc1)Nc1cccc(Cl)c1. The Hall–Kier alpha value is -1.45. The molecule has 1 amide bonds. The van der Waals surface area contributed by atoms with Gasteiger partial charge in [-0.1, -0.05) is 35.9 Å². The number of rotatable bonds is 5. The van der Waals surface area contributed by atoms with Crippen LogP contribution in [0.3, 0.4) is 0 Å². The van der Waals surface area contributed by atoms with Gasteiger partial charge in [-0.2, -0.15) is 0 Å². The molecule has 0 atom stereocenters. The highest BCUT2D eigenvalue weighted by molar-refractivity contribution is 7.99. The van der Waals surface area contributed by atoms with Gasteiger partial charge in [0, 0.05) is 27.8 Å². The van der Waals surface area contributed by atoms with E-state index >= 15 is 0 Å². The lowest BCUT2D eigenvalue weighted by Crippen LogP contribution is -2.11. The fourth-order valence-corrected chi connectivity index (χ4v) is 2.63. The molecule has 2 aromatic rings. The maximum atomic E-state index is 11.7. The van der Waals surface area contributed by atoms with Crippen molar-refractivity contribution in [3.05, 3.63) is 59.6 Å². The number of carbonyl (C=O) groups excluding carboxylic acids is 1. The fourth-order valence-electron chi connectivity index (χ4n) is 1.57. The quantitative estimate of drug-likeness (QED) is 0.824. The van der Waals surface area contributed by atoms with Crippen LogP contribution >= 0.6 is 23.4 Å². The first-order valence-corrected chi connectivity index (χ1v) is 7.34. The van der Waals surface area contributed by atoms with E-state index in [2.05, 4.69) is 5.32 Å². The van der Waals surface area contributed by atoms with Crippen molar-refractivity contribution < 1.29 is 4.79 Å². The van der Waals surface area contributed by atoms with Crippen LogP contribution in [0.1, 0.15) is 6.42 Å². The van der Waals surface area contributed by atoms with E-state index in [4.69, 9.17) is 11.6 Å². The minimum Gasteiger partial charge on any atom is -0.326 e. The first-order chi connectivity index (χ1) is 9.24. The van der Waals surface area contributed by atoms with Gasteiger partial charge in [0.1, 0.15) is 0 Å². The molecule has 0 bridgehead atoms. The summed E-state index contributed by atoms with van der Waals surface area (Å²) in [6, 6.07) is 17.2. The molecule has 0 aromatic heterocycles. The van der Waals surface area contributed by atoms with Crippen molar-refractivity contribution in [1.82, 2.24) is 0 Å². The molecule has 0 aliphatic rings. The monoisotopic (exact) mass is 291 g/mol. The zero-order chi connectivity index (χ0) is 13.5. The lowest BCUT2D eigenvalue weighted by atomic mass is 10.3.